The standard InChI is InChI=1S/C10H9I2NO/c11-9-8-4-2-1-3-7(8)5-6-13(12)10(9)14/h1-4,9H,5-6H2. The lowest BCUT2D eigenvalue weighted by molar-refractivity contribution is -0.124. The summed E-state index contributed by atoms with van der Waals surface area (Å²) in [7, 11) is 0. The van der Waals surface area contributed by atoms with E-state index in [0.717, 1.165) is 13.0 Å². The number of amides is 1. The summed E-state index contributed by atoms with van der Waals surface area (Å²) >= 11 is 4.32. The van der Waals surface area contributed by atoms with E-state index in [1.807, 2.05) is 12.1 Å². The van der Waals surface area contributed by atoms with Gasteiger partial charge in [-0.15, -0.1) is 0 Å². The van der Waals surface area contributed by atoms with Gasteiger partial charge < -0.3 is 0 Å². The van der Waals surface area contributed by atoms with Crippen LogP contribution in [0.1, 0.15) is 15.1 Å². The second-order valence-electron chi connectivity index (χ2n) is 3.24. The predicted octanol–water partition coefficient (Wildman–Crippen LogP) is 2.90. The summed E-state index contributed by atoms with van der Waals surface area (Å²) in [5.74, 6) is 0.205. The Bertz CT molecular complexity index is 367. The molecule has 0 aliphatic carbocycles. The largest absolute Gasteiger partial charge is 0.283 e. The van der Waals surface area contributed by atoms with E-state index in [0.29, 0.717) is 0 Å². The molecular formula is C10H9I2NO. The minimum absolute atomic E-state index is 0.0248. The fourth-order valence-corrected chi connectivity index (χ4v) is 3.59. The number of hydrogen-bond donors (Lipinski definition) is 0. The summed E-state index contributed by atoms with van der Waals surface area (Å²) in [6.45, 7) is 0.815. The summed E-state index contributed by atoms with van der Waals surface area (Å²) in [4.78, 5) is 11.8. The summed E-state index contributed by atoms with van der Waals surface area (Å²) in [5, 5.41) is 0. The van der Waals surface area contributed by atoms with Crippen molar-refractivity contribution in [2.45, 2.75) is 10.3 Å². The maximum absolute atomic E-state index is 11.8. The van der Waals surface area contributed by atoms with Gasteiger partial charge in [-0.2, -0.15) is 0 Å². The number of nitrogens with zero attached hydrogens (tertiary/aromatic N) is 1. The third-order valence-electron chi connectivity index (χ3n) is 2.36. The van der Waals surface area contributed by atoms with Crippen molar-refractivity contribution >= 4 is 51.4 Å². The molecule has 0 saturated carbocycles. The van der Waals surface area contributed by atoms with Crippen LogP contribution < -0.4 is 0 Å². The van der Waals surface area contributed by atoms with E-state index in [-0.39, 0.29) is 9.83 Å². The van der Waals surface area contributed by atoms with Crippen molar-refractivity contribution in [3.8, 4) is 0 Å². The average Bonchev–Trinajstić information content (AvgIpc) is 2.32. The number of alkyl halides is 1. The molecule has 0 fully saturated rings. The third-order valence-corrected chi connectivity index (χ3v) is 4.52. The molecule has 1 heterocycles. The molecule has 1 aliphatic rings. The van der Waals surface area contributed by atoms with E-state index in [9.17, 15) is 4.79 Å². The van der Waals surface area contributed by atoms with E-state index in [2.05, 4.69) is 57.6 Å². The second kappa shape index (κ2) is 4.34. The van der Waals surface area contributed by atoms with Crippen molar-refractivity contribution in [2.75, 3.05) is 6.54 Å². The molecule has 2 rings (SSSR count). The number of carbonyl (C=O) groups excluding carboxylic acids is 1. The van der Waals surface area contributed by atoms with Crippen LogP contribution >= 0.6 is 45.5 Å². The summed E-state index contributed by atoms with van der Waals surface area (Å²) < 4.78 is 1.76. The highest BCUT2D eigenvalue weighted by molar-refractivity contribution is 14.1. The summed E-state index contributed by atoms with van der Waals surface area (Å²) in [6, 6.07) is 8.21. The lowest BCUT2D eigenvalue weighted by Crippen LogP contribution is -2.23. The number of rotatable bonds is 0. The Hall–Kier alpha value is 0.150. The fourth-order valence-electron chi connectivity index (χ4n) is 1.59. The van der Waals surface area contributed by atoms with Crippen LogP contribution in [-0.4, -0.2) is 15.6 Å². The number of halogens is 2. The Balaban J connectivity index is 2.45. The zero-order valence-electron chi connectivity index (χ0n) is 7.41. The van der Waals surface area contributed by atoms with Gasteiger partial charge in [0.1, 0.15) is 3.92 Å². The van der Waals surface area contributed by atoms with Crippen LogP contribution in [0.3, 0.4) is 0 Å². The lowest BCUT2D eigenvalue weighted by atomic mass is 10.0. The van der Waals surface area contributed by atoms with Gasteiger partial charge in [-0.25, -0.2) is 0 Å². The van der Waals surface area contributed by atoms with Crippen LogP contribution in [0.5, 0.6) is 0 Å². The Morgan fingerprint density at radius 1 is 1.36 bits per heavy atom. The van der Waals surface area contributed by atoms with E-state index < -0.39 is 0 Å². The van der Waals surface area contributed by atoms with Crippen LogP contribution in [-0.2, 0) is 11.2 Å². The van der Waals surface area contributed by atoms with Gasteiger partial charge in [0.15, 0.2) is 0 Å². The van der Waals surface area contributed by atoms with E-state index in [1.54, 1.807) is 3.11 Å². The first kappa shape index (κ1) is 10.7. The van der Waals surface area contributed by atoms with Crippen molar-refractivity contribution in [2.24, 2.45) is 0 Å². The monoisotopic (exact) mass is 413 g/mol. The molecule has 0 spiro atoms. The highest BCUT2D eigenvalue weighted by Gasteiger charge is 2.26. The summed E-state index contributed by atoms with van der Waals surface area (Å²) in [5.41, 5.74) is 2.48. The van der Waals surface area contributed by atoms with Gasteiger partial charge in [-0.05, 0) is 17.5 Å². The molecule has 0 bridgehead atoms. The number of carbonyl (C=O) groups is 1. The zero-order valence-corrected chi connectivity index (χ0v) is 11.7. The van der Waals surface area contributed by atoms with Crippen molar-refractivity contribution < 1.29 is 4.79 Å². The Kier molecular flexibility index (Phi) is 3.30. The molecule has 1 aromatic carbocycles. The second-order valence-corrected chi connectivity index (χ2v) is 5.65. The van der Waals surface area contributed by atoms with Crippen molar-refractivity contribution in [1.82, 2.24) is 3.11 Å². The van der Waals surface area contributed by atoms with Gasteiger partial charge in [-0.3, -0.25) is 7.91 Å². The molecule has 0 saturated heterocycles. The van der Waals surface area contributed by atoms with Crippen molar-refractivity contribution in [3.63, 3.8) is 0 Å². The summed E-state index contributed by atoms with van der Waals surface area (Å²) in [6.07, 6.45) is 0.963. The predicted molar refractivity (Wildman–Crippen MR) is 72.6 cm³/mol. The molecule has 0 radical (unpaired) electrons. The van der Waals surface area contributed by atoms with Crippen LogP contribution in [0.15, 0.2) is 24.3 Å². The third kappa shape index (κ3) is 1.91. The first-order chi connectivity index (χ1) is 6.70. The molecular weight excluding hydrogens is 404 g/mol. The minimum atomic E-state index is -0.0248. The molecule has 2 nitrogen and oxygen atoms in total. The van der Waals surface area contributed by atoms with Gasteiger partial charge in [-0.1, -0.05) is 46.9 Å². The van der Waals surface area contributed by atoms with Gasteiger partial charge in [0, 0.05) is 6.54 Å². The molecule has 0 N–H and O–H groups in total. The van der Waals surface area contributed by atoms with E-state index >= 15 is 0 Å². The van der Waals surface area contributed by atoms with Crippen molar-refractivity contribution in [3.05, 3.63) is 35.4 Å². The molecule has 4 heteroatoms. The highest BCUT2D eigenvalue weighted by atomic mass is 127. The maximum atomic E-state index is 11.8. The molecule has 1 amide bonds. The molecule has 14 heavy (non-hydrogen) atoms. The number of benzene rings is 1. The Morgan fingerprint density at radius 3 is 2.86 bits per heavy atom. The zero-order chi connectivity index (χ0) is 10.1. The van der Waals surface area contributed by atoms with Crippen LogP contribution in [0, 0.1) is 0 Å². The topological polar surface area (TPSA) is 20.3 Å². The molecule has 1 atom stereocenters. The normalized spacial score (nSPS) is 21.7. The molecule has 1 unspecified atom stereocenters. The van der Waals surface area contributed by atoms with Crippen LogP contribution in [0.4, 0.5) is 0 Å². The fraction of sp³-hybridized carbons (Fsp3) is 0.300. The Labute approximate surface area is 111 Å². The number of fused-ring (bicyclic) bond motifs is 1. The first-order valence-corrected chi connectivity index (χ1v) is 6.60. The van der Waals surface area contributed by atoms with E-state index in [4.69, 9.17) is 0 Å². The van der Waals surface area contributed by atoms with Gasteiger partial charge in [0.2, 0.25) is 5.91 Å². The molecule has 0 aromatic heterocycles. The maximum Gasteiger partial charge on any atom is 0.248 e. The quantitative estimate of drug-likeness (QED) is 0.364. The van der Waals surface area contributed by atoms with Crippen LogP contribution in [0.2, 0.25) is 0 Å². The average molecular weight is 413 g/mol. The molecule has 74 valence electrons. The smallest absolute Gasteiger partial charge is 0.248 e. The first-order valence-electron chi connectivity index (χ1n) is 4.39. The molecule has 1 aliphatic heterocycles. The highest BCUT2D eigenvalue weighted by Crippen LogP contribution is 2.32. The minimum Gasteiger partial charge on any atom is -0.283 e. The SMILES string of the molecule is O=C1C(I)c2ccccc2CCN1I. The van der Waals surface area contributed by atoms with E-state index in [1.165, 1.54) is 11.1 Å². The van der Waals surface area contributed by atoms with Gasteiger partial charge >= 0.3 is 0 Å². The van der Waals surface area contributed by atoms with Crippen LogP contribution in [0.25, 0.3) is 0 Å². The van der Waals surface area contributed by atoms with Gasteiger partial charge in [0.05, 0.1) is 22.9 Å². The number of hydrogen-bond acceptors (Lipinski definition) is 1. The van der Waals surface area contributed by atoms with Gasteiger partial charge in [0.25, 0.3) is 0 Å². The molecule has 1 aromatic rings. The van der Waals surface area contributed by atoms with Crippen molar-refractivity contribution in [1.29, 1.82) is 0 Å². The Morgan fingerprint density at radius 2 is 2.07 bits per heavy atom. The lowest BCUT2D eigenvalue weighted by Gasteiger charge is -2.13.